The molecule has 7 heteroatoms. The molecule has 1 aromatic heterocycles. The molecule has 88 valence electrons. The second-order valence-electron chi connectivity index (χ2n) is 3.09. The smallest absolute Gasteiger partial charge is 0.287 e. The maximum atomic E-state index is 12.6. The molecule has 0 spiro atoms. The number of aromatic nitrogens is 1. The summed E-state index contributed by atoms with van der Waals surface area (Å²) in [5.74, 6) is -5.00. The van der Waals surface area contributed by atoms with E-state index < -0.39 is 30.8 Å². The molecular formula is C9H9F3N2O2. The lowest BCUT2D eigenvalue weighted by atomic mass is 10.2. The number of alkyl halides is 2. The molecule has 1 amide bonds. The van der Waals surface area contributed by atoms with E-state index in [-0.39, 0.29) is 5.56 Å². The molecule has 0 aromatic carbocycles. The van der Waals surface area contributed by atoms with Crippen molar-refractivity contribution in [2.75, 3.05) is 13.2 Å². The van der Waals surface area contributed by atoms with Crippen LogP contribution in [-0.2, 0) is 0 Å². The summed E-state index contributed by atoms with van der Waals surface area (Å²) >= 11 is 0. The van der Waals surface area contributed by atoms with Crippen molar-refractivity contribution in [3.63, 3.8) is 0 Å². The van der Waals surface area contributed by atoms with Gasteiger partial charge in [-0.25, -0.2) is 13.2 Å². The van der Waals surface area contributed by atoms with Gasteiger partial charge in [0.2, 0.25) is 0 Å². The van der Waals surface area contributed by atoms with Crippen molar-refractivity contribution in [2.45, 2.75) is 5.92 Å². The molecule has 0 saturated heterocycles. The van der Waals surface area contributed by atoms with Gasteiger partial charge >= 0.3 is 0 Å². The van der Waals surface area contributed by atoms with Crippen molar-refractivity contribution >= 4 is 5.91 Å². The first-order valence-corrected chi connectivity index (χ1v) is 4.32. The molecule has 0 aliphatic carbocycles. The minimum Gasteiger partial charge on any atom is -0.390 e. The van der Waals surface area contributed by atoms with Gasteiger partial charge in [0, 0.05) is 6.20 Å². The minimum atomic E-state index is -3.39. The fourth-order valence-electron chi connectivity index (χ4n) is 0.904. The van der Waals surface area contributed by atoms with Gasteiger partial charge in [-0.3, -0.25) is 9.78 Å². The molecule has 0 radical (unpaired) electrons. The Morgan fingerprint density at radius 3 is 2.75 bits per heavy atom. The highest BCUT2D eigenvalue weighted by molar-refractivity contribution is 5.93. The number of rotatable bonds is 4. The third-order valence-electron chi connectivity index (χ3n) is 1.71. The standard InChI is InChI=1S/C9H9F3N2O2/c10-7-1-6(2-13-3-7)8(16)14-4-9(11,12)5-15/h1-3,15H,4-5H2,(H,14,16). The number of pyridine rings is 1. The molecule has 2 N–H and O–H groups in total. The van der Waals surface area contributed by atoms with Crippen molar-refractivity contribution in [3.8, 4) is 0 Å². The molecule has 1 rings (SSSR count). The highest BCUT2D eigenvalue weighted by atomic mass is 19.3. The van der Waals surface area contributed by atoms with Crippen LogP contribution in [0.4, 0.5) is 13.2 Å². The van der Waals surface area contributed by atoms with E-state index in [1.165, 1.54) is 0 Å². The first kappa shape index (κ1) is 12.4. The quantitative estimate of drug-likeness (QED) is 0.801. The number of hydrogen-bond acceptors (Lipinski definition) is 3. The van der Waals surface area contributed by atoms with Crippen LogP contribution in [0, 0.1) is 5.82 Å². The van der Waals surface area contributed by atoms with Crippen LogP contribution in [0.2, 0.25) is 0 Å². The maximum Gasteiger partial charge on any atom is 0.287 e. The van der Waals surface area contributed by atoms with Gasteiger partial charge in [0.25, 0.3) is 11.8 Å². The lowest BCUT2D eigenvalue weighted by Crippen LogP contribution is -2.39. The van der Waals surface area contributed by atoms with Crippen LogP contribution in [0.25, 0.3) is 0 Å². The van der Waals surface area contributed by atoms with E-state index in [1.54, 1.807) is 0 Å². The predicted molar refractivity (Wildman–Crippen MR) is 48.6 cm³/mol. The second kappa shape index (κ2) is 4.93. The van der Waals surface area contributed by atoms with Gasteiger partial charge < -0.3 is 10.4 Å². The number of hydrogen-bond donors (Lipinski definition) is 2. The minimum absolute atomic E-state index is 0.159. The Labute approximate surface area is 89.1 Å². The fraction of sp³-hybridized carbons (Fsp3) is 0.333. The average molecular weight is 234 g/mol. The SMILES string of the molecule is O=C(NCC(F)(F)CO)c1cncc(F)c1. The molecule has 16 heavy (non-hydrogen) atoms. The van der Waals surface area contributed by atoms with Gasteiger partial charge in [0.1, 0.15) is 12.4 Å². The Bertz CT molecular complexity index is 385. The van der Waals surface area contributed by atoms with Crippen LogP contribution in [0.3, 0.4) is 0 Å². The number of carbonyl (C=O) groups is 1. The predicted octanol–water partition coefficient (Wildman–Crippen LogP) is 0.578. The Balaban J connectivity index is 2.60. The molecule has 0 atom stereocenters. The van der Waals surface area contributed by atoms with Crippen LogP contribution < -0.4 is 5.32 Å². The van der Waals surface area contributed by atoms with E-state index in [9.17, 15) is 18.0 Å². The Morgan fingerprint density at radius 2 is 2.19 bits per heavy atom. The molecule has 1 aromatic rings. The van der Waals surface area contributed by atoms with E-state index >= 15 is 0 Å². The van der Waals surface area contributed by atoms with Crippen LogP contribution in [0.15, 0.2) is 18.5 Å². The fourth-order valence-corrected chi connectivity index (χ4v) is 0.904. The molecule has 0 aliphatic heterocycles. The number of amides is 1. The largest absolute Gasteiger partial charge is 0.390 e. The molecule has 0 aliphatic rings. The average Bonchev–Trinajstić information content (AvgIpc) is 2.26. The third kappa shape index (κ3) is 3.50. The van der Waals surface area contributed by atoms with E-state index in [0.29, 0.717) is 0 Å². The summed E-state index contributed by atoms with van der Waals surface area (Å²) in [4.78, 5) is 14.6. The number of nitrogens with zero attached hydrogens (tertiary/aromatic N) is 1. The van der Waals surface area contributed by atoms with Crippen molar-refractivity contribution < 1.29 is 23.1 Å². The summed E-state index contributed by atoms with van der Waals surface area (Å²) in [6.45, 7) is -2.38. The lowest BCUT2D eigenvalue weighted by Gasteiger charge is -2.13. The molecule has 0 saturated carbocycles. The highest BCUT2D eigenvalue weighted by Crippen LogP contribution is 2.10. The van der Waals surface area contributed by atoms with Crippen molar-refractivity contribution in [1.29, 1.82) is 0 Å². The Morgan fingerprint density at radius 1 is 1.50 bits per heavy atom. The topological polar surface area (TPSA) is 62.2 Å². The number of carbonyl (C=O) groups excluding carboxylic acids is 1. The third-order valence-corrected chi connectivity index (χ3v) is 1.71. The van der Waals surface area contributed by atoms with Crippen LogP contribution >= 0.6 is 0 Å². The zero-order valence-corrected chi connectivity index (χ0v) is 8.08. The van der Waals surface area contributed by atoms with Crippen molar-refractivity contribution in [1.82, 2.24) is 10.3 Å². The van der Waals surface area contributed by atoms with Gasteiger partial charge in [0.05, 0.1) is 18.3 Å². The first-order valence-electron chi connectivity index (χ1n) is 4.32. The Kier molecular flexibility index (Phi) is 3.83. The van der Waals surface area contributed by atoms with Gasteiger partial charge in [-0.15, -0.1) is 0 Å². The van der Waals surface area contributed by atoms with Gasteiger partial charge in [0.15, 0.2) is 0 Å². The molecule has 0 fully saturated rings. The van der Waals surface area contributed by atoms with Crippen molar-refractivity contribution in [3.05, 3.63) is 29.8 Å². The zero-order valence-electron chi connectivity index (χ0n) is 8.08. The second-order valence-corrected chi connectivity index (χ2v) is 3.09. The van der Waals surface area contributed by atoms with Gasteiger partial charge in [-0.2, -0.15) is 0 Å². The van der Waals surface area contributed by atoms with Gasteiger partial charge in [-0.05, 0) is 6.07 Å². The lowest BCUT2D eigenvalue weighted by molar-refractivity contribution is -0.0462. The number of aliphatic hydroxyl groups excluding tert-OH is 1. The molecule has 4 nitrogen and oxygen atoms in total. The van der Waals surface area contributed by atoms with E-state index in [2.05, 4.69) is 4.98 Å². The van der Waals surface area contributed by atoms with Crippen LogP contribution in [0.1, 0.15) is 10.4 Å². The monoisotopic (exact) mass is 234 g/mol. The van der Waals surface area contributed by atoms with Gasteiger partial charge in [-0.1, -0.05) is 0 Å². The van der Waals surface area contributed by atoms with Crippen LogP contribution in [0.5, 0.6) is 0 Å². The first-order chi connectivity index (χ1) is 7.44. The van der Waals surface area contributed by atoms with Crippen molar-refractivity contribution in [2.24, 2.45) is 0 Å². The molecule has 0 unspecified atom stereocenters. The summed E-state index contributed by atoms with van der Waals surface area (Å²) in [7, 11) is 0. The number of aliphatic hydroxyl groups is 1. The van der Waals surface area contributed by atoms with Crippen LogP contribution in [-0.4, -0.2) is 35.1 Å². The molecular weight excluding hydrogens is 225 g/mol. The summed E-state index contributed by atoms with van der Waals surface area (Å²) < 4.78 is 37.7. The molecule has 0 bridgehead atoms. The molecule has 1 heterocycles. The summed E-state index contributed by atoms with van der Waals surface area (Å²) in [6, 6.07) is 0.874. The zero-order chi connectivity index (χ0) is 12.2. The summed E-state index contributed by atoms with van der Waals surface area (Å²) in [6.07, 6.45) is 1.94. The summed E-state index contributed by atoms with van der Waals surface area (Å²) in [5, 5.41) is 10.1. The normalized spacial score (nSPS) is 11.2. The van der Waals surface area contributed by atoms with E-state index in [1.807, 2.05) is 5.32 Å². The maximum absolute atomic E-state index is 12.6. The Hall–Kier alpha value is -1.63. The van der Waals surface area contributed by atoms with E-state index in [4.69, 9.17) is 5.11 Å². The highest BCUT2D eigenvalue weighted by Gasteiger charge is 2.28. The van der Waals surface area contributed by atoms with E-state index in [0.717, 1.165) is 18.5 Å². The number of nitrogens with one attached hydrogen (secondary N) is 1. The number of halogens is 3. The summed E-state index contributed by atoms with van der Waals surface area (Å²) in [5.41, 5.74) is -0.159.